The van der Waals surface area contributed by atoms with Crippen molar-refractivity contribution in [2.75, 3.05) is 4.72 Å². The molecule has 0 atom stereocenters. The number of aromatic amines is 1. The first-order chi connectivity index (χ1) is 13.8. The maximum absolute atomic E-state index is 12.4. The van der Waals surface area contributed by atoms with Crippen molar-refractivity contribution in [2.45, 2.75) is 11.8 Å². The molecule has 0 radical (unpaired) electrons. The lowest BCUT2D eigenvalue weighted by molar-refractivity contribution is 0.450. The Balaban J connectivity index is 1.85. The summed E-state index contributed by atoms with van der Waals surface area (Å²) in [7, 11) is -3.74. The van der Waals surface area contributed by atoms with E-state index in [1.807, 2.05) is 0 Å². The van der Waals surface area contributed by atoms with E-state index >= 15 is 0 Å². The van der Waals surface area contributed by atoms with Gasteiger partial charge >= 0.3 is 0 Å². The van der Waals surface area contributed by atoms with Crippen LogP contribution >= 0.6 is 0 Å². The molecule has 0 unspecified atom stereocenters. The molecular weight excluding hydrogens is 392 g/mol. The molecule has 0 bridgehead atoms. The Kier molecular flexibility index (Phi) is 5.47. The number of H-pyrrole nitrogens is 1. The standard InChI is InChI=1S/C20H16N4O4S/c1-13-17(11-21)19(25)23-20(26)18(13)12-22-14-7-9-16(10-8-14)29(27,28)24-15-5-3-2-4-6-15/h2-10,12,24H,1H3,(H2,23,25,26). The van der Waals surface area contributed by atoms with Gasteiger partial charge in [0.25, 0.3) is 15.6 Å². The minimum atomic E-state index is -3.74. The fourth-order valence-electron chi connectivity index (χ4n) is 2.58. The highest BCUT2D eigenvalue weighted by atomic mass is 32.2. The van der Waals surface area contributed by atoms with Gasteiger partial charge in [-0.3, -0.25) is 19.5 Å². The molecule has 0 aliphatic carbocycles. The summed E-state index contributed by atoms with van der Waals surface area (Å²) in [5.74, 6) is -0.401. The number of para-hydroxylation sites is 1. The second kappa shape index (κ2) is 8.00. The molecule has 3 N–H and O–H groups in total. The number of hydrogen-bond donors (Lipinski definition) is 3. The van der Waals surface area contributed by atoms with Gasteiger partial charge < -0.3 is 5.11 Å². The van der Waals surface area contributed by atoms with Gasteiger partial charge in [-0.15, -0.1) is 0 Å². The van der Waals surface area contributed by atoms with Crippen molar-refractivity contribution in [1.82, 2.24) is 4.98 Å². The molecule has 0 amide bonds. The lowest BCUT2D eigenvalue weighted by atomic mass is 10.1. The van der Waals surface area contributed by atoms with Crippen molar-refractivity contribution in [3.05, 3.63) is 81.6 Å². The molecular formula is C20H16N4O4S. The fraction of sp³-hybridized carbons (Fsp3) is 0.0500. The number of benzene rings is 2. The topological polar surface area (TPSA) is 135 Å². The number of aromatic hydroxyl groups is 1. The number of nitriles is 1. The molecule has 3 aromatic rings. The van der Waals surface area contributed by atoms with E-state index in [-0.39, 0.29) is 16.0 Å². The molecule has 2 aromatic carbocycles. The zero-order valence-corrected chi connectivity index (χ0v) is 16.1. The Hall–Kier alpha value is -3.90. The number of nitrogens with zero attached hydrogens (tertiary/aromatic N) is 2. The molecule has 0 fully saturated rings. The van der Waals surface area contributed by atoms with E-state index in [0.717, 1.165) is 0 Å². The van der Waals surface area contributed by atoms with Crippen LogP contribution in [0.2, 0.25) is 0 Å². The van der Waals surface area contributed by atoms with Crippen LogP contribution in [-0.2, 0) is 10.0 Å². The van der Waals surface area contributed by atoms with Gasteiger partial charge in [0.1, 0.15) is 11.6 Å². The Morgan fingerprint density at radius 3 is 2.41 bits per heavy atom. The van der Waals surface area contributed by atoms with Crippen LogP contribution in [0.15, 0.2) is 69.3 Å². The Morgan fingerprint density at radius 1 is 1.14 bits per heavy atom. The first-order valence-corrected chi connectivity index (χ1v) is 9.88. The van der Waals surface area contributed by atoms with Crippen LogP contribution in [0.3, 0.4) is 0 Å². The average molecular weight is 408 g/mol. The predicted molar refractivity (Wildman–Crippen MR) is 109 cm³/mol. The first kappa shape index (κ1) is 19.9. The van der Waals surface area contributed by atoms with Crippen LogP contribution in [-0.4, -0.2) is 24.7 Å². The lowest BCUT2D eigenvalue weighted by Crippen LogP contribution is -2.14. The third kappa shape index (κ3) is 4.34. The van der Waals surface area contributed by atoms with Gasteiger partial charge in [-0.25, -0.2) is 8.42 Å². The highest BCUT2D eigenvalue weighted by Gasteiger charge is 2.14. The van der Waals surface area contributed by atoms with Gasteiger partial charge in [-0.1, -0.05) is 18.2 Å². The third-order valence-corrected chi connectivity index (χ3v) is 5.52. The second-order valence-electron chi connectivity index (χ2n) is 6.05. The molecule has 1 heterocycles. The number of sulfonamides is 1. The highest BCUT2D eigenvalue weighted by molar-refractivity contribution is 7.92. The number of aliphatic imine (C=N–C) groups is 1. The van der Waals surface area contributed by atoms with Crippen molar-refractivity contribution in [2.24, 2.45) is 4.99 Å². The summed E-state index contributed by atoms with van der Waals surface area (Å²) in [5.41, 5.74) is 0.573. The molecule has 1 aromatic heterocycles. The Bertz CT molecular complexity index is 1270. The molecule has 0 spiro atoms. The van der Waals surface area contributed by atoms with Gasteiger partial charge in [-0.2, -0.15) is 5.26 Å². The van der Waals surface area contributed by atoms with Crippen LogP contribution < -0.4 is 10.3 Å². The van der Waals surface area contributed by atoms with E-state index in [0.29, 0.717) is 16.9 Å². The lowest BCUT2D eigenvalue weighted by Gasteiger charge is -2.08. The average Bonchev–Trinajstić information content (AvgIpc) is 2.68. The van der Waals surface area contributed by atoms with E-state index in [4.69, 9.17) is 5.26 Å². The number of nitrogens with one attached hydrogen (secondary N) is 2. The quantitative estimate of drug-likeness (QED) is 0.558. The summed E-state index contributed by atoms with van der Waals surface area (Å²) >= 11 is 0. The van der Waals surface area contributed by atoms with Crippen LogP contribution in [0.1, 0.15) is 16.7 Å². The smallest absolute Gasteiger partial charge is 0.268 e. The summed E-state index contributed by atoms with van der Waals surface area (Å²) in [6, 6.07) is 16.1. The first-order valence-electron chi connectivity index (χ1n) is 8.40. The predicted octanol–water partition coefficient (Wildman–Crippen LogP) is 2.81. The highest BCUT2D eigenvalue weighted by Crippen LogP contribution is 2.21. The minimum absolute atomic E-state index is 0.0649. The molecule has 0 saturated heterocycles. The number of rotatable bonds is 5. The van der Waals surface area contributed by atoms with Crippen molar-refractivity contribution in [3.63, 3.8) is 0 Å². The fourth-order valence-corrected chi connectivity index (χ4v) is 3.64. The van der Waals surface area contributed by atoms with Gasteiger partial charge in [0, 0.05) is 11.9 Å². The molecule has 9 heteroatoms. The van der Waals surface area contributed by atoms with Gasteiger partial charge in [-0.05, 0) is 48.9 Å². The van der Waals surface area contributed by atoms with E-state index in [1.54, 1.807) is 36.4 Å². The summed E-state index contributed by atoms with van der Waals surface area (Å²) in [6.45, 7) is 1.53. The summed E-state index contributed by atoms with van der Waals surface area (Å²) in [5, 5.41) is 19.0. The maximum Gasteiger partial charge on any atom is 0.268 e. The monoisotopic (exact) mass is 408 g/mol. The Labute approximate surface area is 166 Å². The van der Waals surface area contributed by atoms with Crippen molar-refractivity contribution in [3.8, 4) is 11.9 Å². The molecule has 0 aliphatic rings. The van der Waals surface area contributed by atoms with Crippen molar-refractivity contribution < 1.29 is 13.5 Å². The van der Waals surface area contributed by atoms with Crippen molar-refractivity contribution in [1.29, 1.82) is 5.26 Å². The van der Waals surface area contributed by atoms with Crippen LogP contribution in [0.25, 0.3) is 0 Å². The number of hydrogen-bond acceptors (Lipinski definition) is 6. The zero-order chi connectivity index (χ0) is 21.0. The summed E-state index contributed by atoms with van der Waals surface area (Å²) in [4.78, 5) is 18.1. The molecule has 146 valence electrons. The SMILES string of the molecule is Cc1c(C=Nc2ccc(S(=O)(=O)Nc3ccccc3)cc2)c(O)[nH]c(=O)c1C#N. The van der Waals surface area contributed by atoms with Gasteiger partial charge in [0.2, 0.25) is 5.88 Å². The van der Waals surface area contributed by atoms with Crippen LogP contribution in [0.5, 0.6) is 5.88 Å². The number of aromatic nitrogens is 1. The van der Waals surface area contributed by atoms with Gasteiger partial charge in [0.05, 0.1) is 16.1 Å². The summed E-state index contributed by atoms with van der Waals surface area (Å²) in [6.07, 6.45) is 1.30. The van der Waals surface area contributed by atoms with Gasteiger partial charge in [0.15, 0.2) is 0 Å². The van der Waals surface area contributed by atoms with E-state index in [2.05, 4.69) is 14.7 Å². The maximum atomic E-state index is 12.4. The van der Waals surface area contributed by atoms with Crippen LogP contribution in [0.4, 0.5) is 11.4 Å². The molecule has 0 aliphatic heterocycles. The third-order valence-electron chi connectivity index (χ3n) is 4.12. The molecule has 3 rings (SSSR count). The summed E-state index contributed by atoms with van der Waals surface area (Å²) < 4.78 is 27.4. The van der Waals surface area contributed by atoms with E-state index in [9.17, 15) is 18.3 Å². The van der Waals surface area contributed by atoms with E-state index in [1.165, 1.54) is 37.4 Å². The molecule has 8 nitrogen and oxygen atoms in total. The minimum Gasteiger partial charge on any atom is -0.494 e. The zero-order valence-electron chi connectivity index (χ0n) is 15.2. The normalized spacial score (nSPS) is 11.3. The largest absolute Gasteiger partial charge is 0.494 e. The van der Waals surface area contributed by atoms with Crippen molar-refractivity contribution >= 4 is 27.6 Å². The van der Waals surface area contributed by atoms with Crippen LogP contribution in [0, 0.1) is 18.3 Å². The van der Waals surface area contributed by atoms with E-state index < -0.39 is 21.5 Å². The number of pyridine rings is 1. The molecule has 29 heavy (non-hydrogen) atoms. The molecule has 0 saturated carbocycles. The number of anilines is 1. The Morgan fingerprint density at radius 2 is 1.79 bits per heavy atom. The second-order valence-corrected chi connectivity index (χ2v) is 7.73.